The molecule has 2 aromatic carbocycles. The normalized spacial score (nSPS) is 22.4. The van der Waals surface area contributed by atoms with Crippen LogP contribution in [0.1, 0.15) is 50.5 Å². The zero-order valence-corrected chi connectivity index (χ0v) is 20.4. The van der Waals surface area contributed by atoms with Crippen molar-refractivity contribution in [3.63, 3.8) is 0 Å². The number of aliphatic imine (C=N–C) groups is 1. The number of likely N-dealkylation sites (tertiary alicyclic amines) is 1. The van der Waals surface area contributed by atoms with Gasteiger partial charge in [0.25, 0.3) is 5.91 Å². The Morgan fingerprint density at radius 3 is 2.58 bits per heavy atom. The van der Waals surface area contributed by atoms with Gasteiger partial charge in [0.15, 0.2) is 0 Å². The van der Waals surface area contributed by atoms with Crippen molar-refractivity contribution in [1.82, 2.24) is 14.8 Å². The number of aromatic amines is 1. The molecule has 182 valence electrons. The highest BCUT2D eigenvalue weighted by atomic mass is 16.2. The molecule has 0 unspecified atom stereocenters. The molecule has 3 fully saturated rings. The minimum Gasteiger partial charge on any atom is -0.361 e. The maximum Gasteiger partial charge on any atom is 0.260 e. The summed E-state index contributed by atoms with van der Waals surface area (Å²) >= 11 is 0. The van der Waals surface area contributed by atoms with Gasteiger partial charge in [0.1, 0.15) is 11.4 Å². The third kappa shape index (κ3) is 3.50. The van der Waals surface area contributed by atoms with Crippen molar-refractivity contribution < 1.29 is 9.59 Å². The number of hydrogen-bond acceptors (Lipinski definition) is 3. The van der Waals surface area contributed by atoms with Crippen LogP contribution in [-0.4, -0.2) is 51.1 Å². The van der Waals surface area contributed by atoms with Gasteiger partial charge in [-0.3, -0.25) is 19.5 Å². The van der Waals surface area contributed by atoms with Crippen molar-refractivity contribution >= 4 is 28.6 Å². The largest absolute Gasteiger partial charge is 0.361 e. The first kappa shape index (κ1) is 21.6. The van der Waals surface area contributed by atoms with Gasteiger partial charge in [-0.15, -0.1) is 0 Å². The lowest BCUT2D eigenvalue weighted by Crippen LogP contribution is -2.38. The van der Waals surface area contributed by atoms with Crippen LogP contribution >= 0.6 is 0 Å². The number of fused-ring (bicyclic) bond motifs is 1. The number of nitrogens with zero attached hydrogens (tertiary/aromatic N) is 3. The maximum absolute atomic E-state index is 13.7. The number of hydrogen-bond donors (Lipinski definition) is 1. The van der Waals surface area contributed by atoms with Crippen LogP contribution in [0.3, 0.4) is 0 Å². The summed E-state index contributed by atoms with van der Waals surface area (Å²) in [4.78, 5) is 38.4. The summed E-state index contributed by atoms with van der Waals surface area (Å²) < 4.78 is 0. The number of amidine groups is 1. The lowest BCUT2D eigenvalue weighted by Gasteiger charge is -2.20. The number of amides is 2. The fraction of sp³-hybridized carbons (Fsp3) is 0.367. The number of nitrogens with one attached hydrogen (secondary N) is 1. The summed E-state index contributed by atoms with van der Waals surface area (Å²) in [5.74, 6) is 1.34. The second-order valence-electron chi connectivity index (χ2n) is 10.7. The highest BCUT2D eigenvalue weighted by Gasteiger charge is 2.49. The average molecular weight is 479 g/mol. The van der Waals surface area contributed by atoms with Gasteiger partial charge in [-0.2, -0.15) is 0 Å². The van der Waals surface area contributed by atoms with E-state index in [9.17, 15) is 9.59 Å². The SMILES string of the molecule is O=C(C1CC1)N1CC/C(=C\N2C(=O)C3(CCCC3)N=C2c2ccc(-c3cccc4[nH]ccc34)cc2)C1. The lowest BCUT2D eigenvalue weighted by atomic mass is 9.98. The first-order valence-corrected chi connectivity index (χ1v) is 13.2. The molecule has 3 heterocycles. The van der Waals surface area contributed by atoms with Crippen LogP contribution in [0.4, 0.5) is 0 Å². The predicted octanol–water partition coefficient (Wildman–Crippen LogP) is 5.26. The van der Waals surface area contributed by atoms with E-state index in [1.807, 2.05) is 17.3 Å². The number of carbonyl (C=O) groups excluding carboxylic acids is 2. The predicted molar refractivity (Wildman–Crippen MR) is 140 cm³/mol. The van der Waals surface area contributed by atoms with E-state index in [4.69, 9.17) is 4.99 Å². The molecule has 7 rings (SSSR count). The number of H-pyrrole nitrogens is 1. The first-order valence-electron chi connectivity index (χ1n) is 13.2. The molecule has 0 radical (unpaired) electrons. The Bertz CT molecular complexity index is 1420. The molecular formula is C30H30N4O2. The van der Waals surface area contributed by atoms with E-state index in [-0.39, 0.29) is 17.7 Å². The fourth-order valence-corrected chi connectivity index (χ4v) is 6.12. The van der Waals surface area contributed by atoms with Gasteiger partial charge >= 0.3 is 0 Å². The summed E-state index contributed by atoms with van der Waals surface area (Å²) in [7, 11) is 0. The van der Waals surface area contributed by atoms with Gasteiger partial charge in [0.2, 0.25) is 5.91 Å². The third-order valence-corrected chi connectivity index (χ3v) is 8.29. The highest BCUT2D eigenvalue weighted by Crippen LogP contribution is 2.41. The lowest BCUT2D eigenvalue weighted by molar-refractivity contribution is -0.131. The molecular weight excluding hydrogens is 448 g/mol. The molecule has 2 saturated carbocycles. The molecule has 1 spiro atoms. The fourth-order valence-electron chi connectivity index (χ4n) is 6.12. The van der Waals surface area contributed by atoms with Crippen LogP contribution in [-0.2, 0) is 9.59 Å². The molecule has 6 nitrogen and oxygen atoms in total. The number of rotatable bonds is 4. The second kappa shape index (κ2) is 8.19. The average Bonchev–Trinajstić information content (AvgIpc) is 3.25. The minimum absolute atomic E-state index is 0.0932. The second-order valence-corrected chi connectivity index (χ2v) is 10.7. The van der Waals surface area contributed by atoms with Crippen LogP contribution in [0, 0.1) is 5.92 Å². The van der Waals surface area contributed by atoms with Gasteiger partial charge in [-0.1, -0.05) is 49.2 Å². The van der Waals surface area contributed by atoms with Crippen LogP contribution in [0.15, 0.2) is 71.5 Å². The Kier molecular flexibility index (Phi) is 4.91. The highest BCUT2D eigenvalue weighted by molar-refractivity contribution is 6.16. The topological polar surface area (TPSA) is 68.8 Å². The van der Waals surface area contributed by atoms with Gasteiger partial charge in [0, 0.05) is 47.9 Å². The van der Waals surface area contributed by atoms with Crippen molar-refractivity contribution in [2.75, 3.05) is 13.1 Å². The molecule has 2 aliphatic carbocycles. The summed E-state index contributed by atoms with van der Waals surface area (Å²) in [6.07, 6.45) is 10.5. The van der Waals surface area contributed by atoms with E-state index in [0.29, 0.717) is 6.54 Å². The molecule has 36 heavy (non-hydrogen) atoms. The van der Waals surface area contributed by atoms with E-state index in [0.717, 1.165) is 79.5 Å². The molecule has 1 N–H and O–H groups in total. The number of aromatic nitrogens is 1. The van der Waals surface area contributed by atoms with E-state index in [1.54, 1.807) is 4.90 Å². The van der Waals surface area contributed by atoms with E-state index in [1.165, 1.54) is 10.9 Å². The van der Waals surface area contributed by atoms with Gasteiger partial charge < -0.3 is 9.88 Å². The summed E-state index contributed by atoms with van der Waals surface area (Å²) in [6, 6.07) is 16.8. The zero-order chi connectivity index (χ0) is 24.3. The maximum atomic E-state index is 13.7. The van der Waals surface area contributed by atoms with Crippen molar-refractivity contribution in [3.05, 3.63) is 72.1 Å². The molecule has 2 aliphatic heterocycles. The number of benzene rings is 2. The Hall–Kier alpha value is -3.67. The smallest absolute Gasteiger partial charge is 0.260 e. The Morgan fingerprint density at radius 2 is 1.81 bits per heavy atom. The molecule has 6 heteroatoms. The van der Waals surface area contributed by atoms with Crippen LogP contribution < -0.4 is 0 Å². The summed E-state index contributed by atoms with van der Waals surface area (Å²) in [6.45, 7) is 1.37. The summed E-state index contributed by atoms with van der Waals surface area (Å²) in [5.41, 5.74) is 4.91. The van der Waals surface area contributed by atoms with E-state index in [2.05, 4.69) is 53.5 Å². The standard InChI is InChI=1S/C30H30N4O2/c35-28(23-10-11-23)33-17-13-20(18-33)19-34-27(32-30(29(34)36)14-1-2-15-30)22-8-6-21(7-9-22)24-4-3-5-26-25(24)12-16-31-26/h3-9,12,16,19,23,31H,1-2,10-11,13-15,17-18H2/b20-19+. The molecule has 2 amide bonds. The van der Waals surface area contributed by atoms with Crippen LogP contribution in [0.25, 0.3) is 22.0 Å². The molecule has 1 aromatic heterocycles. The first-order chi connectivity index (χ1) is 17.6. The number of carbonyl (C=O) groups is 2. The monoisotopic (exact) mass is 478 g/mol. The Morgan fingerprint density at radius 1 is 1.03 bits per heavy atom. The van der Waals surface area contributed by atoms with Crippen molar-refractivity contribution in [2.24, 2.45) is 10.9 Å². The van der Waals surface area contributed by atoms with E-state index < -0.39 is 5.54 Å². The quantitative estimate of drug-likeness (QED) is 0.556. The van der Waals surface area contributed by atoms with Gasteiger partial charge in [-0.05, 0) is 60.9 Å². The zero-order valence-electron chi connectivity index (χ0n) is 20.4. The molecule has 4 aliphatic rings. The Labute approximate surface area is 210 Å². The van der Waals surface area contributed by atoms with E-state index >= 15 is 0 Å². The molecule has 3 aromatic rings. The van der Waals surface area contributed by atoms with Gasteiger partial charge in [0.05, 0.1) is 0 Å². The summed E-state index contributed by atoms with van der Waals surface area (Å²) in [5, 5.41) is 1.20. The molecule has 0 bridgehead atoms. The molecule has 1 saturated heterocycles. The molecule has 0 atom stereocenters. The van der Waals surface area contributed by atoms with Gasteiger partial charge in [-0.25, -0.2) is 0 Å². The van der Waals surface area contributed by atoms with Crippen LogP contribution in [0.5, 0.6) is 0 Å². The minimum atomic E-state index is -0.621. The third-order valence-electron chi connectivity index (χ3n) is 8.29. The van der Waals surface area contributed by atoms with Crippen molar-refractivity contribution in [3.8, 4) is 11.1 Å². The van der Waals surface area contributed by atoms with Crippen molar-refractivity contribution in [2.45, 2.75) is 50.5 Å². The Balaban J connectivity index is 1.21. The van der Waals surface area contributed by atoms with Crippen molar-refractivity contribution in [1.29, 1.82) is 0 Å². The van der Waals surface area contributed by atoms with Crippen LogP contribution in [0.2, 0.25) is 0 Å².